The predicted molar refractivity (Wildman–Crippen MR) is 85.4 cm³/mol. The summed E-state index contributed by atoms with van der Waals surface area (Å²) >= 11 is 5.72. The van der Waals surface area contributed by atoms with E-state index in [2.05, 4.69) is 20.2 Å². The second-order valence-corrected chi connectivity index (χ2v) is 5.95. The third kappa shape index (κ3) is 3.93. The summed E-state index contributed by atoms with van der Waals surface area (Å²) < 4.78 is 13.5. The van der Waals surface area contributed by atoms with Crippen LogP contribution in [0.3, 0.4) is 0 Å². The molecule has 0 radical (unpaired) electrons. The minimum absolute atomic E-state index is 0.170. The van der Waals surface area contributed by atoms with Crippen LogP contribution in [0.2, 0.25) is 5.02 Å². The number of rotatable bonds is 4. The maximum absolute atomic E-state index is 13.5. The summed E-state index contributed by atoms with van der Waals surface area (Å²) in [4.78, 5) is 10.7. The minimum atomic E-state index is -0.358. The van der Waals surface area contributed by atoms with Crippen LogP contribution in [0.15, 0.2) is 36.7 Å². The van der Waals surface area contributed by atoms with Crippen molar-refractivity contribution in [2.75, 3.05) is 18.4 Å². The highest BCUT2D eigenvalue weighted by Gasteiger charge is 2.20. The number of anilines is 1. The summed E-state index contributed by atoms with van der Waals surface area (Å²) in [5.41, 5.74) is 0.943. The largest absolute Gasteiger partial charge is 0.350 e. The summed E-state index contributed by atoms with van der Waals surface area (Å²) in [5.74, 6) is 0.301. The topological polar surface area (TPSA) is 41.0 Å². The highest BCUT2D eigenvalue weighted by Crippen LogP contribution is 2.19. The summed E-state index contributed by atoms with van der Waals surface area (Å²) in [6.45, 7) is 2.63. The number of benzene rings is 1. The molecule has 0 aliphatic carbocycles. The fraction of sp³-hybridized carbons (Fsp3) is 0.375. The normalized spacial score (nSPS) is 19.1. The lowest BCUT2D eigenvalue weighted by Crippen LogP contribution is -2.41. The number of likely N-dealkylation sites (tertiary alicyclic amines) is 1. The van der Waals surface area contributed by atoms with Gasteiger partial charge in [0, 0.05) is 31.5 Å². The van der Waals surface area contributed by atoms with Crippen LogP contribution in [0.25, 0.3) is 0 Å². The zero-order valence-corrected chi connectivity index (χ0v) is 12.9. The van der Waals surface area contributed by atoms with Crippen molar-refractivity contribution in [3.05, 3.63) is 53.1 Å². The number of piperidine rings is 1. The first-order chi connectivity index (χ1) is 10.7. The van der Waals surface area contributed by atoms with E-state index in [1.807, 2.05) is 6.07 Å². The molecule has 3 rings (SSSR count). The fourth-order valence-electron chi connectivity index (χ4n) is 2.77. The van der Waals surface area contributed by atoms with E-state index >= 15 is 0 Å². The molecule has 116 valence electrons. The maximum Gasteiger partial charge on any atom is 0.222 e. The molecule has 6 heteroatoms. The molecule has 1 aliphatic heterocycles. The quantitative estimate of drug-likeness (QED) is 0.938. The van der Waals surface area contributed by atoms with Gasteiger partial charge in [-0.05, 0) is 43.1 Å². The first kappa shape index (κ1) is 15.2. The molecule has 1 aromatic heterocycles. The molecule has 2 heterocycles. The highest BCUT2D eigenvalue weighted by atomic mass is 35.5. The SMILES string of the molecule is Fc1cc(CN2CCCC(Nc3ncccn3)C2)ccc1Cl. The summed E-state index contributed by atoms with van der Waals surface area (Å²) in [7, 11) is 0. The zero-order valence-electron chi connectivity index (χ0n) is 12.2. The molecule has 1 N–H and O–H groups in total. The van der Waals surface area contributed by atoms with E-state index in [1.165, 1.54) is 6.07 Å². The Hall–Kier alpha value is -1.72. The van der Waals surface area contributed by atoms with E-state index in [4.69, 9.17) is 11.6 Å². The molecule has 1 saturated heterocycles. The number of nitrogens with one attached hydrogen (secondary N) is 1. The van der Waals surface area contributed by atoms with E-state index in [0.717, 1.165) is 38.0 Å². The number of hydrogen-bond acceptors (Lipinski definition) is 4. The van der Waals surface area contributed by atoms with Gasteiger partial charge in [0.05, 0.1) is 5.02 Å². The van der Waals surface area contributed by atoms with Crippen LogP contribution in [0.5, 0.6) is 0 Å². The maximum atomic E-state index is 13.5. The van der Waals surface area contributed by atoms with Crippen molar-refractivity contribution in [3.63, 3.8) is 0 Å². The van der Waals surface area contributed by atoms with Crippen molar-refractivity contribution in [3.8, 4) is 0 Å². The smallest absolute Gasteiger partial charge is 0.222 e. The van der Waals surface area contributed by atoms with E-state index < -0.39 is 0 Å². The number of halogens is 2. The molecule has 1 unspecified atom stereocenters. The third-order valence-corrected chi connectivity index (χ3v) is 4.10. The summed E-state index contributed by atoms with van der Waals surface area (Å²) in [5, 5.41) is 3.53. The molecule has 1 aliphatic rings. The van der Waals surface area contributed by atoms with Gasteiger partial charge in [-0.15, -0.1) is 0 Å². The van der Waals surface area contributed by atoms with Crippen LogP contribution in [0, 0.1) is 5.82 Å². The van der Waals surface area contributed by atoms with Crippen molar-refractivity contribution in [2.45, 2.75) is 25.4 Å². The Morgan fingerprint density at radius 2 is 2.14 bits per heavy atom. The second-order valence-electron chi connectivity index (χ2n) is 5.54. The van der Waals surface area contributed by atoms with Crippen LogP contribution in [-0.2, 0) is 6.54 Å². The van der Waals surface area contributed by atoms with Gasteiger partial charge in [-0.1, -0.05) is 17.7 Å². The Kier molecular flexibility index (Phi) is 4.85. The van der Waals surface area contributed by atoms with Gasteiger partial charge in [0.1, 0.15) is 5.82 Å². The van der Waals surface area contributed by atoms with Gasteiger partial charge in [-0.2, -0.15) is 0 Å². The molecule has 1 atom stereocenters. The molecule has 1 fully saturated rings. The van der Waals surface area contributed by atoms with Gasteiger partial charge in [0.15, 0.2) is 0 Å². The minimum Gasteiger partial charge on any atom is -0.350 e. The molecular formula is C16H18ClFN4. The van der Waals surface area contributed by atoms with Crippen molar-refractivity contribution in [1.29, 1.82) is 0 Å². The molecule has 0 bridgehead atoms. The van der Waals surface area contributed by atoms with Crippen molar-refractivity contribution in [1.82, 2.24) is 14.9 Å². The van der Waals surface area contributed by atoms with Crippen molar-refractivity contribution < 1.29 is 4.39 Å². The molecule has 1 aromatic carbocycles. The van der Waals surface area contributed by atoms with Gasteiger partial charge in [0.25, 0.3) is 0 Å². The average Bonchev–Trinajstić information content (AvgIpc) is 2.52. The van der Waals surface area contributed by atoms with E-state index in [-0.39, 0.29) is 10.8 Å². The lowest BCUT2D eigenvalue weighted by molar-refractivity contribution is 0.208. The van der Waals surface area contributed by atoms with Gasteiger partial charge in [-0.3, -0.25) is 4.90 Å². The molecule has 4 nitrogen and oxygen atoms in total. The predicted octanol–water partition coefficient (Wildman–Crippen LogP) is 3.35. The first-order valence-corrected chi connectivity index (χ1v) is 7.78. The van der Waals surface area contributed by atoms with Gasteiger partial charge in [0.2, 0.25) is 5.95 Å². The zero-order chi connectivity index (χ0) is 15.4. The average molecular weight is 321 g/mol. The third-order valence-electron chi connectivity index (χ3n) is 3.79. The molecule has 2 aromatic rings. The molecular weight excluding hydrogens is 303 g/mol. The van der Waals surface area contributed by atoms with Gasteiger partial charge in [-0.25, -0.2) is 14.4 Å². The first-order valence-electron chi connectivity index (χ1n) is 7.40. The van der Waals surface area contributed by atoms with Crippen LogP contribution >= 0.6 is 11.6 Å². The van der Waals surface area contributed by atoms with E-state index in [1.54, 1.807) is 24.5 Å². The molecule has 0 spiro atoms. The van der Waals surface area contributed by atoms with Crippen LogP contribution in [0.1, 0.15) is 18.4 Å². The van der Waals surface area contributed by atoms with Crippen molar-refractivity contribution >= 4 is 17.5 Å². The monoisotopic (exact) mass is 320 g/mol. The number of aromatic nitrogens is 2. The molecule has 0 amide bonds. The lowest BCUT2D eigenvalue weighted by atomic mass is 10.0. The molecule has 22 heavy (non-hydrogen) atoms. The highest BCUT2D eigenvalue weighted by molar-refractivity contribution is 6.30. The van der Waals surface area contributed by atoms with E-state index in [0.29, 0.717) is 12.0 Å². The fourth-order valence-corrected chi connectivity index (χ4v) is 2.89. The van der Waals surface area contributed by atoms with Crippen LogP contribution in [-0.4, -0.2) is 34.0 Å². The van der Waals surface area contributed by atoms with E-state index in [9.17, 15) is 4.39 Å². The Morgan fingerprint density at radius 1 is 1.32 bits per heavy atom. The summed E-state index contributed by atoms with van der Waals surface area (Å²) in [6.07, 6.45) is 5.64. The van der Waals surface area contributed by atoms with Gasteiger partial charge >= 0.3 is 0 Å². The number of nitrogens with zero attached hydrogens (tertiary/aromatic N) is 3. The summed E-state index contributed by atoms with van der Waals surface area (Å²) in [6, 6.07) is 7.12. The Morgan fingerprint density at radius 3 is 2.91 bits per heavy atom. The molecule has 0 saturated carbocycles. The van der Waals surface area contributed by atoms with Crippen molar-refractivity contribution in [2.24, 2.45) is 0 Å². The van der Waals surface area contributed by atoms with Gasteiger partial charge < -0.3 is 5.32 Å². The Bertz CT molecular complexity index is 623. The lowest BCUT2D eigenvalue weighted by Gasteiger charge is -2.33. The standard InChI is InChI=1S/C16H18ClFN4/c17-14-5-4-12(9-15(14)18)10-22-8-1-3-13(11-22)21-16-19-6-2-7-20-16/h2,4-7,9,13H,1,3,8,10-11H2,(H,19,20,21). The second kappa shape index (κ2) is 7.03. The van der Waals surface area contributed by atoms with Crippen LogP contribution < -0.4 is 5.32 Å². The Labute approximate surface area is 134 Å². The van der Waals surface area contributed by atoms with Crippen LogP contribution in [0.4, 0.5) is 10.3 Å². The Balaban J connectivity index is 1.59. The number of hydrogen-bond donors (Lipinski definition) is 1.